The van der Waals surface area contributed by atoms with Crippen molar-refractivity contribution in [2.45, 2.75) is 32.2 Å². The number of nitrogens with one attached hydrogen (secondary N) is 1. The number of nitrogens with zero attached hydrogens (tertiary/aromatic N) is 4. The Kier molecular flexibility index (Phi) is 4.71. The first kappa shape index (κ1) is 16.8. The van der Waals surface area contributed by atoms with Gasteiger partial charge in [0.15, 0.2) is 5.82 Å². The van der Waals surface area contributed by atoms with Crippen LogP contribution >= 0.6 is 0 Å². The van der Waals surface area contributed by atoms with E-state index in [1.54, 1.807) is 13.2 Å². The van der Waals surface area contributed by atoms with Gasteiger partial charge in [-0.05, 0) is 50.2 Å². The molecule has 1 N–H and O–H groups in total. The summed E-state index contributed by atoms with van der Waals surface area (Å²) in [6, 6.07) is 9.14. The van der Waals surface area contributed by atoms with Gasteiger partial charge >= 0.3 is 0 Å². The van der Waals surface area contributed by atoms with Gasteiger partial charge in [0.1, 0.15) is 5.75 Å². The Morgan fingerprint density at radius 1 is 1.08 bits per heavy atom. The molecule has 26 heavy (non-hydrogen) atoms. The van der Waals surface area contributed by atoms with Gasteiger partial charge in [0.25, 0.3) is 11.3 Å². The number of aromatic nitrogens is 4. The van der Waals surface area contributed by atoms with Crippen molar-refractivity contribution in [3.63, 3.8) is 0 Å². The number of benzene rings is 1. The molecular formula is C19H23N5O2. The highest BCUT2D eigenvalue weighted by atomic mass is 16.5. The van der Waals surface area contributed by atoms with Crippen molar-refractivity contribution in [2.24, 2.45) is 0 Å². The lowest BCUT2D eigenvalue weighted by atomic mass is 10.2. The van der Waals surface area contributed by atoms with E-state index in [1.807, 2.05) is 24.3 Å². The molecule has 7 nitrogen and oxygen atoms in total. The summed E-state index contributed by atoms with van der Waals surface area (Å²) in [5, 5.41) is 3.03. The van der Waals surface area contributed by atoms with Crippen LogP contribution in [0.15, 0.2) is 35.1 Å². The molecule has 0 aliphatic carbocycles. The van der Waals surface area contributed by atoms with Gasteiger partial charge in [0.2, 0.25) is 0 Å². The Bertz CT molecular complexity index is 937. The van der Waals surface area contributed by atoms with Gasteiger partial charge in [-0.2, -0.15) is 9.50 Å². The smallest absolute Gasteiger partial charge is 0.274 e. The average molecular weight is 353 g/mol. The fraction of sp³-hybridized carbons (Fsp3) is 0.421. The van der Waals surface area contributed by atoms with Crippen LogP contribution in [0, 0.1) is 0 Å². The molecule has 3 aromatic rings. The third-order valence-corrected chi connectivity index (χ3v) is 4.83. The van der Waals surface area contributed by atoms with Crippen molar-refractivity contribution in [1.29, 1.82) is 0 Å². The number of ether oxygens (including phenoxy) is 1. The summed E-state index contributed by atoms with van der Waals surface area (Å²) < 4.78 is 6.57. The molecule has 1 aliphatic rings. The number of hydrogen-bond acceptors (Lipinski definition) is 5. The van der Waals surface area contributed by atoms with Gasteiger partial charge in [0.05, 0.1) is 12.8 Å². The van der Waals surface area contributed by atoms with Gasteiger partial charge in [-0.25, -0.2) is 4.98 Å². The SMILES string of the molecule is COc1ccc(-c2nc3nc(CN4CCCCCC4)cc(=O)n3[nH]2)cc1. The number of methoxy groups -OCH3 is 1. The molecule has 2 aromatic heterocycles. The normalized spacial score (nSPS) is 15.9. The lowest BCUT2D eigenvalue weighted by Crippen LogP contribution is -2.26. The first-order valence-corrected chi connectivity index (χ1v) is 9.08. The van der Waals surface area contributed by atoms with E-state index in [1.165, 1.54) is 30.2 Å². The van der Waals surface area contributed by atoms with E-state index in [-0.39, 0.29) is 5.56 Å². The molecule has 0 atom stereocenters. The molecule has 4 rings (SSSR count). The summed E-state index contributed by atoms with van der Waals surface area (Å²) in [6.07, 6.45) is 5.00. The second kappa shape index (κ2) is 7.29. The van der Waals surface area contributed by atoms with E-state index < -0.39 is 0 Å². The van der Waals surface area contributed by atoms with Crippen LogP contribution in [0.25, 0.3) is 17.2 Å². The van der Waals surface area contributed by atoms with E-state index >= 15 is 0 Å². The standard InChI is InChI=1S/C19H23N5O2/c1-26-16-8-6-14(7-9-16)18-21-19-20-15(12-17(25)24(19)22-18)13-23-10-4-2-3-5-11-23/h6-9,12H,2-5,10-11,13H2,1H3,(H,20,21,22). The van der Waals surface area contributed by atoms with E-state index in [2.05, 4.69) is 20.0 Å². The summed E-state index contributed by atoms with van der Waals surface area (Å²) in [5.41, 5.74) is 1.53. The third kappa shape index (κ3) is 3.48. The van der Waals surface area contributed by atoms with Gasteiger partial charge in [-0.3, -0.25) is 14.8 Å². The highest BCUT2D eigenvalue weighted by molar-refractivity contribution is 5.58. The Balaban J connectivity index is 1.62. The summed E-state index contributed by atoms with van der Waals surface area (Å²) in [6.45, 7) is 2.84. The molecule has 1 aliphatic heterocycles. The quantitative estimate of drug-likeness (QED) is 0.780. The molecule has 0 amide bonds. The third-order valence-electron chi connectivity index (χ3n) is 4.83. The Labute approximate surface area is 151 Å². The molecule has 1 aromatic carbocycles. The van der Waals surface area contributed by atoms with Crippen LogP contribution in [0.5, 0.6) is 5.75 Å². The van der Waals surface area contributed by atoms with Gasteiger partial charge < -0.3 is 4.74 Å². The number of aromatic amines is 1. The average Bonchev–Trinajstić information content (AvgIpc) is 2.92. The second-order valence-electron chi connectivity index (χ2n) is 6.71. The van der Waals surface area contributed by atoms with Crippen LogP contribution in [0.3, 0.4) is 0 Å². The molecule has 0 radical (unpaired) electrons. The number of fused-ring (bicyclic) bond motifs is 1. The predicted octanol–water partition coefficient (Wildman–Crippen LogP) is 2.47. The van der Waals surface area contributed by atoms with Crippen molar-refractivity contribution >= 4 is 5.78 Å². The molecule has 0 unspecified atom stereocenters. The van der Waals surface area contributed by atoms with Crippen molar-refractivity contribution < 1.29 is 4.74 Å². The van der Waals surface area contributed by atoms with Crippen LogP contribution in [-0.4, -0.2) is 44.7 Å². The number of hydrogen-bond donors (Lipinski definition) is 1. The Morgan fingerprint density at radius 2 is 1.81 bits per heavy atom. The monoisotopic (exact) mass is 353 g/mol. The number of H-pyrrole nitrogens is 1. The molecule has 1 saturated heterocycles. The molecular weight excluding hydrogens is 330 g/mol. The van der Waals surface area contributed by atoms with Crippen molar-refractivity contribution in [1.82, 2.24) is 24.5 Å². The maximum absolute atomic E-state index is 12.5. The van der Waals surface area contributed by atoms with Crippen LogP contribution in [0.2, 0.25) is 0 Å². The highest BCUT2D eigenvalue weighted by Crippen LogP contribution is 2.19. The van der Waals surface area contributed by atoms with Crippen LogP contribution in [0.4, 0.5) is 0 Å². The summed E-state index contributed by atoms with van der Waals surface area (Å²) >= 11 is 0. The molecule has 7 heteroatoms. The zero-order valence-electron chi connectivity index (χ0n) is 14.9. The summed E-state index contributed by atoms with van der Waals surface area (Å²) in [7, 11) is 1.63. The van der Waals surface area contributed by atoms with Gasteiger partial charge in [-0.1, -0.05) is 12.8 Å². The first-order valence-electron chi connectivity index (χ1n) is 9.08. The van der Waals surface area contributed by atoms with Crippen molar-refractivity contribution in [3.8, 4) is 17.1 Å². The predicted molar refractivity (Wildman–Crippen MR) is 99.3 cm³/mol. The van der Waals surface area contributed by atoms with Crippen LogP contribution < -0.4 is 10.3 Å². The molecule has 0 spiro atoms. The lowest BCUT2D eigenvalue weighted by molar-refractivity contribution is 0.273. The highest BCUT2D eigenvalue weighted by Gasteiger charge is 2.14. The maximum Gasteiger partial charge on any atom is 0.274 e. The minimum absolute atomic E-state index is 0.132. The fourth-order valence-electron chi connectivity index (χ4n) is 3.41. The van der Waals surface area contributed by atoms with E-state index in [9.17, 15) is 4.79 Å². The number of rotatable bonds is 4. The molecule has 1 fully saturated rings. The van der Waals surface area contributed by atoms with Gasteiger partial charge in [0, 0.05) is 18.2 Å². The lowest BCUT2D eigenvalue weighted by Gasteiger charge is -2.18. The maximum atomic E-state index is 12.5. The fourth-order valence-corrected chi connectivity index (χ4v) is 3.41. The minimum atomic E-state index is -0.132. The topological polar surface area (TPSA) is 75.5 Å². The molecule has 3 heterocycles. The Hall–Kier alpha value is -2.67. The zero-order chi connectivity index (χ0) is 17.9. The minimum Gasteiger partial charge on any atom is -0.497 e. The van der Waals surface area contributed by atoms with Crippen LogP contribution in [0.1, 0.15) is 31.4 Å². The summed E-state index contributed by atoms with van der Waals surface area (Å²) in [5.74, 6) is 1.80. The van der Waals surface area contributed by atoms with E-state index in [0.29, 0.717) is 18.1 Å². The Morgan fingerprint density at radius 3 is 2.50 bits per heavy atom. The zero-order valence-corrected chi connectivity index (χ0v) is 14.9. The molecule has 136 valence electrons. The van der Waals surface area contributed by atoms with E-state index in [0.717, 1.165) is 30.1 Å². The van der Waals surface area contributed by atoms with Gasteiger partial charge in [-0.15, -0.1) is 0 Å². The summed E-state index contributed by atoms with van der Waals surface area (Å²) in [4.78, 5) is 23.9. The molecule has 0 saturated carbocycles. The van der Waals surface area contributed by atoms with Crippen LogP contribution in [-0.2, 0) is 6.54 Å². The van der Waals surface area contributed by atoms with Crippen molar-refractivity contribution in [2.75, 3.05) is 20.2 Å². The largest absolute Gasteiger partial charge is 0.497 e. The van der Waals surface area contributed by atoms with E-state index in [4.69, 9.17) is 4.74 Å². The molecule has 0 bridgehead atoms. The van der Waals surface area contributed by atoms with Crippen molar-refractivity contribution in [3.05, 3.63) is 46.4 Å². The first-order chi connectivity index (χ1) is 12.7. The number of likely N-dealkylation sites (tertiary alicyclic amines) is 1. The second-order valence-corrected chi connectivity index (χ2v) is 6.71.